The van der Waals surface area contributed by atoms with Crippen LogP contribution in [0.2, 0.25) is 0 Å². The highest BCUT2D eigenvalue weighted by Crippen LogP contribution is 2.26. The highest BCUT2D eigenvalue weighted by molar-refractivity contribution is 5.37. The van der Waals surface area contributed by atoms with Crippen LogP contribution in [0.1, 0.15) is 29.7 Å². The molecule has 0 bridgehead atoms. The van der Waals surface area contributed by atoms with Crippen LogP contribution in [0.15, 0.2) is 48.5 Å². The van der Waals surface area contributed by atoms with Crippen LogP contribution in [0, 0.1) is 0 Å². The number of hydrogen-bond donors (Lipinski definition) is 2. The summed E-state index contributed by atoms with van der Waals surface area (Å²) in [6.07, 6.45) is 1.80. The van der Waals surface area contributed by atoms with Gasteiger partial charge in [0.1, 0.15) is 5.75 Å². The molecule has 0 heterocycles. The Labute approximate surface area is 120 Å². The van der Waals surface area contributed by atoms with Gasteiger partial charge in [-0.15, -0.1) is 0 Å². The summed E-state index contributed by atoms with van der Waals surface area (Å²) in [6.45, 7) is 2.16. The molecule has 3 N–H and O–H groups in total. The molecule has 1 atom stereocenters. The molecule has 0 radical (unpaired) electrons. The van der Waals surface area contributed by atoms with E-state index in [1.165, 1.54) is 11.1 Å². The van der Waals surface area contributed by atoms with Gasteiger partial charge in [-0.1, -0.05) is 49.4 Å². The van der Waals surface area contributed by atoms with Crippen LogP contribution in [0.3, 0.4) is 0 Å². The summed E-state index contributed by atoms with van der Waals surface area (Å²) < 4.78 is 5.41. The predicted molar refractivity (Wildman–Crippen MR) is 82.6 cm³/mol. The molecule has 2 aromatic rings. The number of methoxy groups -OCH3 is 1. The summed E-state index contributed by atoms with van der Waals surface area (Å²) in [5, 5.41) is 0. The van der Waals surface area contributed by atoms with Crippen molar-refractivity contribution in [3.63, 3.8) is 0 Å². The Balaban J connectivity index is 2.29. The van der Waals surface area contributed by atoms with Crippen LogP contribution in [-0.4, -0.2) is 7.11 Å². The maximum absolute atomic E-state index is 5.78. The summed E-state index contributed by atoms with van der Waals surface area (Å²) in [5.74, 6) is 6.68. The first-order valence-electron chi connectivity index (χ1n) is 6.96. The van der Waals surface area contributed by atoms with Crippen molar-refractivity contribution in [3.05, 3.63) is 65.2 Å². The van der Waals surface area contributed by atoms with Crippen LogP contribution in [0.4, 0.5) is 0 Å². The van der Waals surface area contributed by atoms with Crippen molar-refractivity contribution in [1.82, 2.24) is 5.43 Å². The Hall–Kier alpha value is -1.84. The van der Waals surface area contributed by atoms with Crippen LogP contribution in [-0.2, 0) is 12.8 Å². The van der Waals surface area contributed by atoms with Crippen LogP contribution >= 0.6 is 0 Å². The van der Waals surface area contributed by atoms with Crippen molar-refractivity contribution >= 4 is 0 Å². The molecule has 0 aliphatic rings. The second-order valence-electron chi connectivity index (χ2n) is 4.79. The summed E-state index contributed by atoms with van der Waals surface area (Å²) in [7, 11) is 1.70. The van der Waals surface area contributed by atoms with E-state index in [4.69, 9.17) is 10.6 Å². The summed E-state index contributed by atoms with van der Waals surface area (Å²) in [6, 6.07) is 16.6. The normalized spacial score (nSPS) is 12.2. The van der Waals surface area contributed by atoms with E-state index in [9.17, 15) is 0 Å². The van der Waals surface area contributed by atoms with Gasteiger partial charge in [-0.25, -0.2) is 0 Å². The number of hydrazine groups is 1. The molecule has 0 saturated heterocycles. The van der Waals surface area contributed by atoms with Crippen molar-refractivity contribution in [1.29, 1.82) is 0 Å². The molecule has 1 unspecified atom stereocenters. The van der Waals surface area contributed by atoms with E-state index >= 15 is 0 Å². The lowest BCUT2D eigenvalue weighted by molar-refractivity contribution is 0.405. The molecule has 2 rings (SSSR count). The van der Waals surface area contributed by atoms with Gasteiger partial charge in [0.05, 0.1) is 13.2 Å². The highest BCUT2D eigenvalue weighted by atomic mass is 16.5. The van der Waals surface area contributed by atoms with Gasteiger partial charge in [0.2, 0.25) is 0 Å². The summed E-state index contributed by atoms with van der Waals surface area (Å²) >= 11 is 0. The fourth-order valence-electron chi connectivity index (χ4n) is 2.55. The van der Waals surface area contributed by atoms with Gasteiger partial charge < -0.3 is 4.74 Å². The van der Waals surface area contributed by atoms with Gasteiger partial charge in [0.15, 0.2) is 0 Å². The SMILES string of the molecule is CCc1ccccc1C(Cc1ccccc1OC)NN. The van der Waals surface area contributed by atoms with Crippen LogP contribution < -0.4 is 16.0 Å². The molecule has 0 aliphatic carbocycles. The second-order valence-corrected chi connectivity index (χ2v) is 4.79. The zero-order valence-electron chi connectivity index (χ0n) is 12.1. The average Bonchev–Trinajstić information content (AvgIpc) is 2.53. The van der Waals surface area contributed by atoms with Gasteiger partial charge in [0.25, 0.3) is 0 Å². The number of ether oxygens (including phenoxy) is 1. The van der Waals surface area contributed by atoms with E-state index in [1.807, 2.05) is 18.2 Å². The fourth-order valence-corrected chi connectivity index (χ4v) is 2.55. The lowest BCUT2D eigenvalue weighted by atomic mass is 9.94. The summed E-state index contributed by atoms with van der Waals surface area (Å²) in [5.41, 5.74) is 6.67. The largest absolute Gasteiger partial charge is 0.496 e. The maximum atomic E-state index is 5.78. The second kappa shape index (κ2) is 7.08. The predicted octanol–water partition coefficient (Wildman–Crippen LogP) is 3.00. The molecule has 20 heavy (non-hydrogen) atoms. The monoisotopic (exact) mass is 270 g/mol. The number of hydrogen-bond acceptors (Lipinski definition) is 3. The van der Waals surface area contributed by atoms with Gasteiger partial charge in [-0.3, -0.25) is 11.3 Å². The zero-order chi connectivity index (χ0) is 14.4. The quantitative estimate of drug-likeness (QED) is 0.626. The molecule has 106 valence electrons. The molecule has 0 saturated carbocycles. The van der Waals surface area contributed by atoms with E-state index in [0.29, 0.717) is 0 Å². The fraction of sp³-hybridized carbons (Fsp3) is 0.294. The number of benzene rings is 2. The molecule has 0 fully saturated rings. The van der Waals surface area contributed by atoms with E-state index < -0.39 is 0 Å². The van der Waals surface area contributed by atoms with Crippen molar-refractivity contribution in [2.45, 2.75) is 25.8 Å². The standard InChI is InChI=1S/C17H22N2O/c1-3-13-8-4-6-10-15(13)16(19-18)12-14-9-5-7-11-17(14)20-2/h4-11,16,19H,3,12,18H2,1-2H3. The maximum Gasteiger partial charge on any atom is 0.122 e. The minimum absolute atomic E-state index is 0.0856. The van der Waals surface area contributed by atoms with Crippen molar-refractivity contribution in [2.75, 3.05) is 7.11 Å². The minimum atomic E-state index is 0.0856. The number of para-hydroxylation sites is 1. The molecular formula is C17H22N2O. The zero-order valence-corrected chi connectivity index (χ0v) is 12.1. The van der Waals surface area contributed by atoms with Gasteiger partial charge in [-0.2, -0.15) is 0 Å². The first-order valence-corrected chi connectivity index (χ1v) is 6.96. The number of aryl methyl sites for hydroxylation is 1. The Morgan fingerprint density at radius 3 is 2.35 bits per heavy atom. The molecular weight excluding hydrogens is 248 g/mol. The third-order valence-electron chi connectivity index (χ3n) is 3.63. The van der Waals surface area contributed by atoms with Crippen molar-refractivity contribution < 1.29 is 4.74 Å². The first kappa shape index (κ1) is 14.6. The topological polar surface area (TPSA) is 47.3 Å². The Bertz CT molecular complexity index is 554. The highest BCUT2D eigenvalue weighted by Gasteiger charge is 2.15. The van der Waals surface area contributed by atoms with Crippen LogP contribution in [0.5, 0.6) is 5.75 Å². The lowest BCUT2D eigenvalue weighted by Gasteiger charge is -2.20. The molecule has 3 heteroatoms. The van der Waals surface area contributed by atoms with Crippen molar-refractivity contribution in [2.24, 2.45) is 5.84 Å². The van der Waals surface area contributed by atoms with Crippen molar-refractivity contribution in [3.8, 4) is 5.75 Å². The Morgan fingerprint density at radius 1 is 1.05 bits per heavy atom. The molecule has 0 spiro atoms. The summed E-state index contributed by atoms with van der Waals surface area (Å²) in [4.78, 5) is 0. The third-order valence-corrected chi connectivity index (χ3v) is 3.63. The van der Waals surface area contributed by atoms with Gasteiger partial charge >= 0.3 is 0 Å². The van der Waals surface area contributed by atoms with Gasteiger partial charge in [-0.05, 0) is 35.6 Å². The molecule has 2 aromatic carbocycles. The van der Waals surface area contributed by atoms with E-state index in [2.05, 4.69) is 42.7 Å². The Morgan fingerprint density at radius 2 is 1.70 bits per heavy atom. The molecule has 0 aromatic heterocycles. The minimum Gasteiger partial charge on any atom is -0.496 e. The van der Waals surface area contributed by atoms with E-state index in [1.54, 1.807) is 7.11 Å². The lowest BCUT2D eigenvalue weighted by Crippen LogP contribution is -2.30. The first-order chi connectivity index (χ1) is 9.80. The smallest absolute Gasteiger partial charge is 0.122 e. The Kier molecular flexibility index (Phi) is 5.16. The molecule has 3 nitrogen and oxygen atoms in total. The number of nitrogens with two attached hydrogens (primary N) is 1. The number of nitrogens with one attached hydrogen (secondary N) is 1. The van der Waals surface area contributed by atoms with E-state index in [-0.39, 0.29) is 6.04 Å². The van der Waals surface area contributed by atoms with Gasteiger partial charge in [0, 0.05) is 0 Å². The molecule has 0 amide bonds. The third kappa shape index (κ3) is 3.18. The average molecular weight is 270 g/mol. The number of rotatable bonds is 6. The van der Waals surface area contributed by atoms with Crippen LogP contribution in [0.25, 0.3) is 0 Å². The van der Waals surface area contributed by atoms with E-state index in [0.717, 1.165) is 24.2 Å². The molecule has 0 aliphatic heterocycles.